The van der Waals surface area contributed by atoms with E-state index in [4.69, 9.17) is 10.00 Å². The second-order valence-electron chi connectivity index (χ2n) is 3.26. The molecule has 1 atom stereocenters. The summed E-state index contributed by atoms with van der Waals surface area (Å²) in [5, 5.41) is 11.8. The first kappa shape index (κ1) is 11.4. The van der Waals surface area contributed by atoms with E-state index in [9.17, 15) is 0 Å². The second kappa shape index (κ2) is 7.08. The van der Waals surface area contributed by atoms with E-state index in [-0.39, 0.29) is 6.04 Å². The Morgan fingerprint density at radius 3 is 2.58 bits per heavy atom. The van der Waals surface area contributed by atoms with Gasteiger partial charge < -0.3 is 4.74 Å². The lowest BCUT2D eigenvalue weighted by molar-refractivity contribution is 0.196. The molecule has 0 aliphatic heterocycles. The van der Waals surface area contributed by atoms with Crippen molar-refractivity contribution in [3.8, 4) is 6.07 Å². The Balaban J connectivity index is 3.48. The number of nitriles is 1. The van der Waals surface area contributed by atoms with Crippen LogP contribution in [-0.2, 0) is 4.74 Å². The molecule has 0 radical (unpaired) electrons. The molecule has 12 heavy (non-hydrogen) atoms. The van der Waals surface area contributed by atoms with Gasteiger partial charge in [0.25, 0.3) is 0 Å². The van der Waals surface area contributed by atoms with E-state index in [0.717, 1.165) is 13.0 Å². The first-order chi connectivity index (χ1) is 5.70. The van der Waals surface area contributed by atoms with Crippen LogP contribution in [0.3, 0.4) is 0 Å². The number of methoxy groups -OCH3 is 1. The molecule has 0 aromatic carbocycles. The molecule has 0 aliphatic rings. The van der Waals surface area contributed by atoms with Crippen LogP contribution in [0.2, 0.25) is 0 Å². The Kier molecular flexibility index (Phi) is 6.73. The molecule has 0 saturated heterocycles. The van der Waals surface area contributed by atoms with Gasteiger partial charge >= 0.3 is 0 Å². The van der Waals surface area contributed by atoms with E-state index >= 15 is 0 Å². The van der Waals surface area contributed by atoms with Crippen LogP contribution in [0.4, 0.5) is 0 Å². The fraction of sp³-hybridized carbons (Fsp3) is 0.889. The Morgan fingerprint density at radius 1 is 1.50 bits per heavy atom. The highest BCUT2D eigenvalue weighted by atomic mass is 16.5. The molecule has 0 bridgehead atoms. The lowest BCUT2D eigenvalue weighted by atomic mass is 10.1. The molecule has 0 amide bonds. The third-order valence-corrected chi connectivity index (χ3v) is 1.56. The summed E-state index contributed by atoms with van der Waals surface area (Å²) in [6.07, 6.45) is 0.903. The maximum atomic E-state index is 8.72. The van der Waals surface area contributed by atoms with Gasteiger partial charge in [-0.3, -0.25) is 5.32 Å². The second-order valence-corrected chi connectivity index (χ2v) is 3.26. The van der Waals surface area contributed by atoms with E-state index in [1.54, 1.807) is 7.11 Å². The van der Waals surface area contributed by atoms with E-state index in [1.165, 1.54) is 0 Å². The van der Waals surface area contributed by atoms with Crippen LogP contribution in [0.1, 0.15) is 20.3 Å². The van der Waals surface area contributed by atoms with Crippen LogP contribution in [0, 0.1) is 17.2 Å². The van der Waals surface area contributed by atoms with Crippen molar-refractivity contribution >= 4 is 0 Å². The van der Waals surface area contributed by atoms with Gasteiger partial charge in [-0.1, -0.05) is 13.8 Å². The van der Waals surface area contributed by atoms with E-state index in [0.29, 0.717) is 12.5 Å². The molecule has 0 spiro atoms. The SMILES string of the molecule is COCCNC(C#N)CC(C)C. The summed E-state index contributed by atoms with van der Waals surface area (Å²) in [5.41, 5.74) is 0. The smallest absolute Gasteiger partial charge is 0.0956 e. The van der Waals surface area contributed by atoms with Crippen molar-refractivity contribution in [3.63, 3.8) is 0 Å². The first-order valence-electron chi connectivity index (χ1n) is 4.32. The van der Waals surface area contributed by atoms with Crippen molar-refractivity contribution in [1.82, 2.24) is 5.32 Å². The average molecular weight is 170 g/mol. The van der Waals surface area contributed by atoms with Crippen molar-refractivity contribution in [2.24, 2.45) is 5.92 Å². The molecule has 0 aromatic rings. The molecule has 0 aliphatic carbocycles. The zero-order chi connectivity index (χ0) is 9.40. The predicted octanol–water partition coefficient (Wildman–Crippen LogP) is 1.16. The summed E-state index contributed by atoms with van der Waals surface area (Å²) in [4.78, 5) is 0. The molecule has 3 nitrogen and oxygen atoms in total. The van der Waals surface area contributed by atoms with Crippen molar-refractivity contribution in [2.75, 3.05) is 20.3 Å². The van der Waals surface area contributed by atoms with Gasteiger partial charge in [0.15, 0.2) is 0 Å². The summed E-state index contributed by atoms with van der Waals surface area (Å²) < 4.78 is 4.87. The number of hydrogen-bond acceptors (Lipinski definition) is 3. The highest BCUT2D eigenvalue weighted by Gasteiger charge is 2.07. The van der Waals surface area contributed by atoms with Crippen molar-refractivity contribution in [1.29, 1.82) is 5.26 Å². The maximum absolute atomic E-state index is 8.72. The fourth-order valence-electron chi connectivity index (χ4n) is 0.988. The van der Waals surface area contributed by atoms with Crippen LogP contribution < -0.4 is 5.32 Å². The number of rotatable bonds is 6. The highest BCUT2D eigenvalue weighted by Crippen LogP contribution is 2.02. The predicted molar refractivity (Wildman–Crippen MR) is 48.7 cm³/mol. The Morgan fingerprint density at radius 2 is 2.17 bits per heavy atom. The molecular weight excluding hydrogens is 152 g/mol. The largest absolute Gasteiger partial charge is 0.383 e. The lowest BCUT2D eigenvalue weighted by Crippen LogP contribution is -2.31. The van der Waals surface area contributed by atoms with Crippen LogP contribution >= 0.6 is 0 Å². The summed E-state index contributed by atoms with van der Waals surface area (Å²) in [7, 11) is 1.66. The van der Waals surface area contributed by atoms with Gasteiger partial charge in [-0.2, -0.15) is 5.26 Å². The minimum Gasteiger partial charge on any atom is -0.383 e. The van der Waals surface area contributed by atoms with Gasteiger partial charge in [0.05, 0.1) is 18.7 Å². The highest BCUT2D eigenvalue weighted by molar-refractivity contribution is 4.89. The maximum Gasteiger partial charge on any atom is 0.0956 e. The molecule has 3 heteroatoms. The van der Waals surface area contributed by atoms with E-state index < -0.39 is 0 Å². The van der Waals surface area contributed by atoms with Crippen LogP contribution in [0.5, 0.6) is 0 Å². The molecule has 70 valence electrons. The van der Waals surface area contributed by atoms with Crippen LogP contribution in [0.15, 0.2) is 0 Å². The van der Waals surface area contributed by atoms with Gasteiger partial charge in [0.2, 0.25) is 0 Å². The van der Waals surface area contributed by atoms with Gasteiger partial charge in [-0.25, -0.2) is 0 Å². The zero-order valence-electron chi connectivity index (χ0n) is 8.13. The van der Waals surface area contributed by atoms with E-state index in [2.05, 4.69) is 25.2 Å². The lowest BCUT2D eigenvalue weighted by Gasteiger charge is -2.12. The molecule has 1 unspecified atom stereocenters. The summed E-state index contributed by atoms with van der Waals surface area (Å²) in [5.74, 6) is 0.560. The van der Waals surface area contributed by atoms with Crippen molar-refractivity contribution in [3.05, 3.63) is 0 Å². The Bertz CT molecular complexity index is 140. The fourth-order valence-corrected chi connectivity index (χ4v) is 0.988. The van der Waals surface area contributed by atoms with Crippen molar-refractivity contribution in [2.45, 2.75) is 26.3 Å². The van der Waals surface area contributed by atoms with E-state index in [1.807, 2.05) is 0 Å². The third kappa shape index (κ3) is 6.14. The third-order valence-electron chi connectivity index (χ3n) is 1.56. The Labute approximate surface area is 74.7 Å². The van der Waals surface area contributed by atoms with Crippen LogP contribution in [0.25, 0.3) is 0 Å². The Hall–Kier alpha value is -0.590. The zero-order valence-corrected chi connectivity index (χ0v) is 8.13. The molecule has 0 fully saturated rings. The minimum atomic E-state index is -0.0276. The molecule has 0 heterocycles. The molecular formula is C9H18N2O. The summed E-state index contributed by atoms with van der Waals surface area (Å²) in [6, 6.07) is 2.20. The van der Waals surface area contributed by atoms with Gasteiger partial charge in [-0.05, 0) is 12.3 Å². The molecule has 1 N–H and O–H groups in total. The molecule has 0 rings (SSSR count). The molecule has 0 saturated carbocycles. The quantitative estimate of drug-likeness (QED) is 0.608. The number of ether oxygens (including phenoxy) is 1. The monoisotopic (exact) mass is 170 g/mol. The van der Waals surface area contributed by atoms with Crippen LogP contribution in [-0.4, -0.2) is 26.3 Å². The average Bonchev–Trinajstić information content (AvgIpc) is 2.02. The first-order valence-corrected chi connectivity index (χ1v) is 4.32. The normalized spacial score (nSPS) is 12.9. The summed E-state index contributed by atoms with van der Waals surface area (Å²) >= 11 is 0. The van der Waals surface area contributed by atoms with Crippen molar-refractivity contribution < 1.29 is 4.74 Å². The number of nitrogens with zero attached hydrogens (tertiary/aromatic N) is 1. The number of hydrogen-bond donors (Lipinski definition) is 1. The van der Waals surface area contributed by atoms with Gasteiger partial charge in [-0.15, -0.1) is 0 Å². The summed E-state index contributed by atoms with van der Waals surface area (Å²) in [6.45, 7) is 5.64. The van der Waals surface area contributed by atoms with Gasteiger partial charge in [0, 0.05) is 13.7 Å². The van der Waals surface area contributed by atoms with Gasteiger partial charge in [0.1, 0.15) is 0 Å². The standard InChI is InChI=1S/C9H18N2O/c1-8(2)6-9(7-10)11-4-5-12-3/h8-9,11H,4-6H2,1-3H3. The minimum absolute atomic E-state index is 0.0276. The molecule has 0 aromatic heterocycles. The topological polar surface area (TPSA) is 45.0 Å². The number of nitrogens with one attached hydrogen (secondary N) is 1.